The fourth-order valence-corrected chi connectivity index (χ4v) is 1.99. The Balaban J connectivity index is 1.67. The molecule has 1 saturated carbocycles. The van der Waals surface area contributed by atoms with Crippen LogP contribution in [0.1, 0.15) is 25.3 Å². The van der Waals surface area contributed by atoms with Gasteiger partial charge < -0.3 is 9.47 Å². The molecule has 1 aromatic carbocycles. The highest BCUT2D eigenvalue weighted by Gasteiger charge is 2.45. The van der Waals surface area contributed by atoms with Crippen LogP contribution < -0.4 is 4.74 Å². The Morgan fingerprint density at radius 2 is 1.89 bits per heavy atom. The molecule has 1 fully saturated rings. The summed E-state index contributed by atoms with van der Waals surface area (Å²) >= 11 is 0. The van der Waals surface area contributed by atoms with E-state index >= 15 is 0 Å². The van der Waals surface area contributed by atoms with Gasteiger partial charge in [-0.25, -0.2) is 8.78 Å². The van der Waals surface area contributed by atoms with Gasteiger partial charge in [-0.3, -0.25) is 0 Å². The van der Waals surface area contributed by atoms with Crippen LogP contribution in [0.15, 0.2) is 24.3 Å². The largest absolute Gasteiger partial charge is 0.494 e. The van der Waals surface area contributed by atoms with Gasteiger partial charge in [-0.15, -0.1) is 0 Å². The molecule has 18 heavy (non-hydrogen) atoms. The Morgan fingerprint density at radius 1 is 1.22 bits per heavy atom. The van der Waals surface area contributed by atoms with Gasteiger partial charge in [-0.2, -0.15) is 0 Å². The Morgan fingerprint density at radius 3 is 2.44 bits per heavy atom. The van der Waals surface area contributed by atoms with Crippen LogP contribution in [0.4, 0.5) is 8.78 Å². The van der Waals surface area contributed by atoms with Gasteiger partial charge in [-0.05, 0) is 31.0 Å². The van der Waals surface area contributed by atoms with Crippen LogP contribution >= 0.6 is 0 Å². The van der Waals surface area contributed by atoms with Crippen molar-refractivity contribution >= 4 is 0 Å². The predicted molar refractivity (Wildman–Crippen MR) is 65.2 cm³/mol. The molecule has 2 rings (SSSR count). The lowest BCUT2D eigenvalue weighted by atomic mass is 9.91. The first-order chi connectivity index (χ1) is 8.59. The Hall–Kier alpha value is -1.16. The maximum atomic E-state index is 12.6. The predicted octanol–water partition coefficient (Wildman–Crippen LogP) is 3.44. The summed E-state index contributed by atoms with van der Waals surface area (Å²) in [6.45, 7) is 3.09. The van der Waals surface area contributed by atoms with E-state index in [1.54, 1.807) is 0 Å². The number of rotatable bonds is 6. The van der Waals surface area contributed by atoms with Crippen molar-refractivity contribution in [3.63, 3.8) is 0 Å². The minimum atomic E-state index is -2.50. The third kappa shape index (κ3) is 3.67. The Bertz CT molecular complexity index is 368. The average molecular weight is 256 g/mol. The first-order valence-corrected chi connectivity index (χ1v) is 6.30. The van der Waals surface area contributed by atoms with Crippen molar-refractivity contribution in [2.24, 2.45) is 0 Å². The molecule has 0 radical (unpaired) electrons. The van der Waals surface area contributed by atoms with Crippen LogP contribution in [0.3, 0.4) is 0 Å². The molecule has 0 saturated heterocycles. The standard InChI is InChI=1S/C14H18F2O2/c1-2-17-12-5-3-11(4-6-12)7-8-18-13-9-14(15,16)10-13/h3-6,13H,2,7-10H2,1H3. The molecule has 0 unspecified atom stereocenters. The molecule has 0 heterocycles. The van der Waals surface area contributed by atoms with E-state index in [4.69, 9.17) is 9.47 Å². The summed E-state index contributed by atoms with van der Waals surface area (Å²) in [4.78, 5) is 0. The normalized spacial score (nSPS) is 18.4. The molecule has 1 aliphatic carbocycles. The molecule has 0 aliphatic heterocycles. The van der Waals surface area contributed by atoms with Crippen LogP contribution in [-0.4, -0.2) is 25.2 Å². The molecule has 0 spiro atoms. The third-order valence-corrected chi connectivity index (χ3v) is 3.03. The second-order valence-electron chi connectivity index (χ2n) is 4.58. The van der Waals surface area contributed by atoms with E-state index in [9.17, 15) is 8.78 Å². The van der Waals surface area contributed by atoms with E-state index in [0.717, 1.165) is 17.7 Å². The van der Waals surface area contributed by atoms with Crippen LogP contribution in [-0.2, 0) is 11.2 Å². The van der Waals surface area contributed by atoms with Crippen LogP contribution in [0, 0.1) is 0 Å². The number of benzene rings is 1. The highest BCUT2D eigenvalue weighted by atomic mass is 19.3. The molecular formula is C14H18F2O2. The van der Waals surface area contributed by atoms with Crippen molar-refractivity contribution in [3.05, 3.63) is 29.8 Å². The molecule has 1 aromatic rings. The molecule has 0 atom stereocenters. The maximum Gasteiger partial charge on any atom is 0.253 e. The first kappa shape index (κ1) is 13.3. The molecule has 2 nitrogen and oxygen atoms in total. The van der Waals surface area contributed by atoms with Crippen LogP contribution in [0.5, 0.6) is 5.75 Å². The summed E-state index contributed by atoms with van der Waals surface area (Å²) in [5.74, 6) is -1.65. The molecule has 1 aliphatic rings. The average Bonchev–Trinajstić information content (AvgIpc) is 2.29. The molecular weight excluding hydrogens is 238 g/mol. The zero-order valence-electron chi connectivity index (χ0n) is 10.5. The summed E-state index contributed by atoms with van der Waals surface area (Å²) in [7, 11) is 0. The van der Waals surface area contributed by atoms with Crippen LogP contribution in [0.2, 0.25) is 0 Å². The van der Waals surface area contributed by atoms with Gasteiger partial charge in [0.15, 0.2) is 0 Å². The fraction of sp³-hybridized carbons (Fsp3) is 0.571. The lowest BCUT2D eigenvalue weighted by molar-refractivity contribution is -0.164. The quantitative estimate of drug-likeness (QED) is 0.776. The zero-order chi connectivity index (χ0) is 13.0. The van der Waals surface area contributed by atoms with E-state index in [1.165, 1.54) is 0 Å². The van der Waals surface area contributed by atoms with Crippen LogP contribution in [0.25, 0.3) is 0 Å². The van der Waals surface area contributed by atoms with Crippen molar-refractivity contribution in [2.75, 3.05) is 13.2 Å². The van der Waals surface area contributed by atoms with Crippen molar-refractivity contribution in [2.45, 2.75) is 38.2 Å². The summed E-state index contributed by atoms with van der Waals surface area (Å²) in [6.07, 6.45) is 0.226. The highest BCUT2D eigenvalue weighted by molar-refractivity contribution is 5.27. The van der Waals surface area contributed by atoms with Gasteiger partial charge in [0.25, 0.3) is 5.92 Å². The monoisotopic (exact) mass is 256 g/mol. The second-order valence-corrected chi connectivity index (χ2v) is 4.58. The van der Waals surface area contributed by atoms with E-state index in [1.807, 2.05) is 31.2 Å². The fourth-order valence-electron chi connectivity index (χ4n) is 1.99. The highest BCUT2D eigenvalue weighted by Crippen LogP contribution is 2.39. The zero-order valence-corrected chi connectivity index (χ0v) is 10.5. The topological polar surface area (TPSA) is 18.5 Å². The second kappa shape index (κ2) is 5.65. The molecule has 0 bridgehead atoms. The van der Waals surface area contributed by atoms with Gasteiger partial charge >= 0.3 is 0 Å². The summed E-state index contributed by atoms with van der Waals surface area (Å²) in [5.41, 5.74) is 1.13. The maximum absolute atomic E-state index is 12.6. The molecule has 0 amide bonds. The van der Waals surface area contributed by atoms with Gasteiger partial charge in [0.1, 0.15) is 5.75 Å². The number of ether oxygens (including phenoxy) is 2. The van der Waals surface area contributed by atoms with Gasteiger partial charge in [0.05, 0.1) is 19.3 Å². The summed E-state index contributed by atoms with van der Waals surface area (Å²) in [5, 5.41) is 0. The Labute approximate surface area is 106 Å². The van der Waals surface area contributed by atoms with Gasteiger partial charge in [0.2, 0.25) is 0 Å². The number of hydrogen-bond acceptors (Lipinski definition) is 2. The third-order valence-electron chi connectivity index (χ3n) is 3.03. The number of halogens is 2. The van der Waals surface area contributed by atoms with Crippen molar-refractivity contribution < 1.29 is 18.3 Å². The van der Waals surface area contributed by atoms with Gasteiger partial charge in [-0.1, -0.05) is 12.1 Å². The van der Waals surface area contributed by atoms with Crippen molar-refractivity contribution in [1.29, 1.82) is 0 Å². The minimum absolute atomic E-state index is 0.129. The lowest BCUT2D eigenvalue weighted by Gasteiger charge is -2.34. The smallest absolute Gasteiger partial charge is 0.253 e. The van der Waals surface area contributed by atoms with Crippen molar-refractivity contribution in [1.82, 2.24) is 0 Å². The van der Waals surface area contributed by atoms with Crippen molar-refractivity contribution in [3.8, 4) is 5.75 Å². The van der Waals surface area contributed by atoms with E-state index in [0.29, 0.717) is 13.2 Å². The summed E-state index contributed by atoms with van der Waals surface area (Å²) in [6, 6.07) is 7.78. The summed E-state index contributed by atoms with van der Waals surface area (Å²) < 4.78 is 35.8. The van der Waals surface area contributed by atoms with E-state index in [-0.39, 0.29) is 18.9 Å². The first-order valence-electron chi connectivity index (χ1n) is 6.30. The van der Waals surface area contributed by atoms with Gasteiger partial charge in [0, 0.05) is 12.8 Å². The SMILES string of the molecule is CCOc1ccc(CCOC2CC(F)(F)C2)cc1. The molecule has 0 aromatic heterocycles. The van der Waals surface area contributed by atoms with E-state index < -0.39 is 5.92 Å². The number of alkyl halides is 2. The Kier molecular flexibility index (Phi) is 4.17. The van der Waals surface area contributed by atoms with E-state index in [2.05, 4.69) is 0 Å². The molecule has 4 heteroatoms. The number of hydrogen-bond donors (Lipinski definition) is 0. The molecule has 100 valence electrons. The lowest BCUT2D eigenvalue weighted by Crippen LogP contribution is -2.41. The molecule has 0 N–H and O–H groups in total. The minimum Gasteiger partial charge on any atom is -0.494 e.